The second-order valence-electron chi connectivity index (χ2n) is 8.21. The number of aliphatic hydroxyl groups excluding tert-OH is 1. The summed E-state index contributed by atoms with van der Waals surface area (Å²) < 4.78 is 5.77. The zero-order valence-electron chi connectivity index (χ0n) is 16.8. The van der Waals surface area contributed by atoms with Gasteiger partial charge in [0.05, 0.1) is 6.73 Å². The Hall–Kier alpha value is -1.14. The van der Waals surface area contributed by atoms with Crippen molar-refractivity contribution in [1.29, 1.82) is 0 Å². The van der Waals surface area contributed by atoms with E-state index in [0.29, 0.717) is 12.5 Å². The van der Waals surface area contributed by atoms with Gasteiger partial charge in [-0.1, -0.05) is 44.5 Å². The maximum Gasteiger partial charge on any atom is 0.172 e. The molecule has 1 aromatic rings. The van der Waals surface area contributed by atoms with Crippen molar-refractivity contribution in [3.63, 3.8) is 0 Å². The summed E-state index contributed by atoms with van der Waals surface area (Å²) in [7, 11) is -1.03. The van der Waals surface area contributed by atoms with Gasteiger partial charge in [0.15, 0.2) is 9.04 Å². The lowest BCUT2D eigenvalue weighted by Gasteiger charge is -2.32. The molecule has 1 fully saturated rings. The van der Waals surface area contributed by atoms with Crippen molar-refractivity contribution in [1.82, 2.24) is 4.90 Å². The van der Waals surface area contributed by atoms with Crippen LogP contribution in [-0.2, 0) is 4.43 Å². The average Bonchev–Trinajstić information content (AvgIpc) is 2.83. The number of phenols is 1. The van der Waals surface area contributed by atoms with Gasteiger partial charge in [-0.15, -0.1) is 0 Å². The Kier molecular flexibility index (Phi) is 8.34. The molecule has 0 amide bonds. The summed E-state index contributed by atoms with van der Waals surface area (Å²) in [5.41, 5.74) is 2.79. The van der Waals surface area contributed by atoms with Crippen LogP contribution in [0, 0.1) is 11.3 Å². The van der Waals surface area contributed by atoms with E-state index in [1.807, 2.05) is 6.07 Å². The highest BCUT2D eigenvalue weighted by Crippen LogP contribution is 2.42. The highest BCUT2D eigenvalue weighted by molar-refractivity contribution is 6.48. The minimum atomic E-state index is -1.03. The van der Waals surface area contributed by atoms with E-state index in [9.17, 15) is 5.11 Å². The number of phenolic OH excluding ortho intramolecular Hbond substituents is 1. The van der Waals surface area contributed by atoms with Crippen LogP contribution >= 0.6 is 0 Å². The van der Waals surface area contributed by atoms with Gasteiger partial charge in [-0.3, -0.25) is 4.90 Å². The fourth-order valence-corrected chi connectivity index (χ4v) is 3.52. The third-order valence-corrected chi connectivity index (χ3v) is 5.14. The Morgan fingerprint density at radius 2 is 1.76 bits per heavy atom. The van der Waals surface area contributed by atoms with Crippen LogP contribution in [0.15, 0.2) is 41.5 Å². The van der Waals surface area contributed by atoms with Crippen molar-refractivity contribution in [2.45, 2.75) is 53.9 Å². The van der Waals surface area contributed by atoms with Crippen molar-refractivity contribution in [2.75, 3.05) is 13.3 Å². The number of aromatic hydroxyl groups is 1. The topological polar surface area (TPSA) is 52.9 Å². The summed E-state index contributed by atoms with van der Waals surface area (Å²) in [5, 5.41) is 19.2. The first-order valence-electron chi connectivity index (χ1n) is 8.98. The van der Waals surface area contributed by atoms with E-state index in [0.717, 1.165) is 6.54 Å². The molecule has 0 radical (unpaired) electrons. The number of nitrogens with zero attached hydrogens (tertiary/aromatic N) is 1. The van der Waals surface area contributed by atoms with Crippen LogP contribution in [0.1, 0.15) is 34.6 Å². The molecule has 0 aliphatic carbocycles. The maximum atomic E-state index is 10.5. The molecular weight excluding hydrogens is 330 g/mol. The molecule has 2 N–H and O–H groups in total. The molecule has 0 spiro atoms. The maximum absolute atomic E-state index is 10.5. The Bertz CT molecular complexity index is 548. The van der Waals surface area contributed by atoms with Crippen molar-refractivity contribution in [2.24, 2.45) is 11.3 Å². The zero-order chi connectivity index (χ0) is 19.2. The molecule has 1 aliphatic heterocycles. The van der Waals surface area contributed by atoms with Gasteiger partial charge in [0.1, 0.15) is 12.0 Å². The first-order chi connectivity index (χ1) is 11.5. The predicted molar refractivity (Wildman–Crippen MR) is 107 cm³/mol. The Balaban J connectivity index is 0.000000370. The number of allylic oxidation sites excluding steroid dienone is 1. The van der Waals surface area contributed by atoms with Gasteiger partial charge in [0, 0.05) is 12.5 Å². The fourth-order valence-electron chi connectivity index (χ4n) is 3.04. The number of aliphatic hydroxyl groups is 1. The van der Waals surface area contributed by atoms with E-state index >= 15 is 0 Å². The van der Waals surface area contributed by atoms with Crippen LogP contribution in [-0.4, -0.2) is 43.7 Å². The van der Waals surface area contributed by atoms with Gasteiger partial charge < -0.3 is 14.6 Å². The van der Waals surface area contributed by atoms with Gasteiger partial charge in [0.2, 0.25) is 0 Å². The summed E-state index contributed by atoms with van der Waals surface area (Å²) >= 11 is 0. The second kappa shape index (κ2) is 9.53. The third kappa shape index (κ3) is 6.94. The lowest BCUT2D eigenvalue weighted by Crippen LogP contribution is -2.39. The Morgan fingerprint density at radius 3 is 2.08 bits per heavy atom. The highest BCUT2D eigenvalue weighted by atomic mass is 28.3. The lowest BCUT2D eigenvalue weighted by atomic mass is 9.76. The van der Waals surface area contributed by atoms with Crippen molar-refractivity contribution in [3.8, 4) is 5.75 Å². The van der Waals surface area contributed by atoms with Gasteiger partial charge >= 0.3 is 0 Å². The summed E-state index contributed by atoms with van der Waals surface area (Å²) in [4.78, 5) is 2.06. The fraction of sp³-hybridized carbons (Fsp3) is 0.600. The zero-order valence-corrected chi connectivity index (χ0v) is 17.9. The van der Waals surface area contributed by atoms with Crippen molar-refractivity contribution in [3.05, 3.63) is 41.5 Å². The normalized spacial score (nSPS) is 21.2. The highest BCUT2D eigenvalue weighted by Gasteiger charge is 2.43. The van der Waals surface area contributed by atoms with E-state index in [-0.39, 0.29) is 11.3 Å². The van der Waals surface area contributed by atoms with Crippen LogP contribution in [0.2, 0.25) is 13.1 Å². The molecule has 1 aliphatic rings. The summed E-state index contributed by atoms with van der Waals surface area (Å²) in [5.74, 6) is 0.530. The number of rotatable bonds is 3. The molecule has 142 valence electrons. The molecular formula is C20H35NO3Si. The molecule has 2 rings (SSSR count). The molecule has 2 atom stereocenters. The SMILES string of the molecule is CC(C)=C1CN(CO[SiH](C)C)[C@@H](O)[C@H]1C(C)(C)C.Oc1ccccc1. The van der Waals surface area contributed by atoms with Crippen LogP contribution in [0.3, 0.4) is 0 Å². The largest absolute Gasteiger partial charge is 0.508 e. The summed E-state index contributed by atoms with van der Waals surface area (Å²) in [6, 6.07) is 8.71. The van der Waals surface area contributed by atoms with Gasteiger partial charge in [-0.2, -0.15) is 0 Å². The number of hydrogen-bond acceptors (Lipinski definition) is 4. The number of para-hydroxylation sites is 1. The summed E-state index contributed by atoms with van der Waals surface area (Å²) in [6.07, 6.45) is -0.414. The minimum Gasteiger partial charge on any atom is -0.508 e. The van der Waals surface area contributed by atoms with E-state index < -0.39 is 15.3 Å². The molecule has 0 aromatic heterocycles. The smallest absolute Gasteiger partial charge is 0.172 e. The monoisotopic (exact) mass is 365 g/mol. The molecule has 25 heavy (non-hydrogen) atoms. The van der Waals surface area contributed by atoms with E-state index in [2.05, 4.69) is 52.6 Å². The standard InChI is InChI=1S/C14H29NO2Si.C6H6O/c1-10(2)11-8-15(9-17-18(6)7)13(16)12(11)14(3,4)5;7-6-4-2-1-3-5-6/h12-13,16,18H,8-9H2,1-7H3;1-5,7H/t12-,13-;/m0./s1. The van der Waals surface area contributed by atoms with E-state index in [4.69, 9.17) is 9.53 Å². The number of likely N-dealkylation sites (tertiary alicyclic amines) is 1. The average molecular weight is 366 g/mol. The molecule has 4 nitrogen and oxygen atoms in total. The third-order valence-electron chi connectivity index (χ3n) is 4.33. The van der Waals surface area contributed by atoms with Crippen LogP contribution in [0.25, 0.3) is 0 Å². The van der Waals surface area contributed by atoms with Crippen LogP contribution in [0.4, 0.5) is 0 Å². The first-order valence-corrected chi connectivity index (χ1v) is 11.8. The lowest BCUT2D eigenvalue weighted by molar-refractivity contribution is -0.0506. The first kappa shape index (κ1) is 21.9. The quantitative estimate of drug-likeness (QED) is 0.629. The molecule has 1 saturated heterocycles. The Labute approximate surface area is 154 Å². The van der Waals surface area contributed by atoms with Gasteiger partial charge in [0.25, 0.3) is 0 Å². The molecule has 0 bridgehead atoms. The number of benzene rings is 1. The van der Waals surface area contributed by atoms with Crippen LogP contribution in [0.5, 0.6) is 5.75 Å². The second-order valence-corrected chi connectivity index (χ2v) is 10.6. The molecule has 1 aromatic carbocycles. The van der Waals surface area contributed by atoms with E-state index in [1.54, 1.807) is 24.3 Å². The van der Waals surface area contributed by atoms with Gasteiger partial charge in [-0.05, 0) is 50.1 Å². The Morgan fingerprint density at radius 1 is 1.20 bits per heavy atom. The molecule has 5 heteroatoms. The van der Waals surface area contributed by atoms with Crippen molar-refractivity contribution >= 4 is 9.04 Å². The molecule has 0 saturated carbocycles. The van der Waals surface area contributed by atoms with Crippen LogP contribution < -0.4 is 0 Å². The molecule has 0 unspecified atom stereocenters. The minimum absolute atomic E-state index is 0.0794. The van der Waals surface area contributed by atoms with Gasteiger partial charge in [-0.25, -0.2) is 0 Å². The number of hydrogen-bond donors (Lipinski definition) is 2. The van der Waals surface area contributed by atoms with Crippen molar-refractivity contribution < 1.29 is 14.6 Å². The summed E-state index contributed by atoms with van der Waals surface area (Å²) in [6.45, 7) is 16.6. The van der Waals surface area contributed by atoms with E-state index in [1.165, 1.54) is 11.1 Å². The predicted octanol–water partition coefficient (Wildman–Crippen LogP) is 3.97. The molecule has 1 heterocycles.